The van der Waals surface area contributed by atoms with Gasteiger partial charge in [0.1, 0.15) is 10.0 Å². The van der Waals surface area contributed by atoms with Gasteiger partial charge < -0.3 is 0 Å². The van der Waals surface area contributed by atoms with E-state index in [0.29, 0.717) is 16.8 Å². The van der Waals surface area contributed by atoms with Gasteiger partial charge in [-0.2, -0.15) is 5.26 Å². The molecule has 1 aromatic carbocycles. The third-order valence-corrected chi connectivity index (χ3v) is 4.44. The van der Waals surface area contributed by atoms with E-state index < -0.39 is 10.0 Å². The van der Waals surface area contributed by atoms with E-state index in [-0.39, 0.29) is 10.0 Å². The van der Waals surface area contributed by atoms with E-state index >= 15 is 0 Å². The molecule has 0 aliphatic rings. The van der Waals surface area contributed by atoms with E-state index in [9.17, 15) is 8.42 Å². The van der Waals surface area contributed by atoms with Crippen LogP contribution in [-0.4, -0.2) is 13.4 Å². The first-order valence-electron chi connectivity index (χ1n) is 5.58. The first kappa shape index (κ1) is 14.3. The standard InChI is InChI=1S/C13H10ClN3O2S/c1-9-4-5-10(8-15)7-11(9)17-20(18,19)12-3-2-6-16-13(12)14/h2-7,17H,1H3. The molecule has 1 heterocycles. The second-order valence-corrected chi connectivity index (χ2v) is 6.05. The zero-order valence-electron chi connectivity index (χ0n) is 10.5. The van der Waals surface area contributed by atoms with Crippen LogP contribution in [0.15, 0.2) is 41.4 Å². The van der Waals surface area contributed by atoms with Crippen molar-refractivity contribution < 1.29 is 8.42 Å². The average Bonchev–Trinajstić information content (AvgIpc) is 2.41. The Hall–Kier alpha value is -2.10. The van der Waals surface area contributed by atoms with Gasteiger partial charge in [0.15, 0.2) is 0 Å². The number of rotatable bonds is 3. The molecule has 0 amide bonds. The Balaban J connectivity index is 2.44. The first-order chi connectivity index (χ1) is 9.44. The number of hydrogen-bond acceptors (Lipinski definition) is 4. The molecule has 0 radical (unpaired) electrons. The van der Waals surface area contributed by atoms with Crippen molar-refractivity contribution in [2.45, 2.75) is 11.8 Å². The number of nitriles is 1. The molecule has 2 aromatic rings. The molecule has 0 aliphatic heterocycles. The van der Waals surface area contributed by atoms with Gasteiger partial charge in [-0.05, 0) is 36.8 Å². The Bertz CT molecular complexity index is 798. The minimum Gasteiger partial charge on any atom is -0.279 e. The molecule has 7 heteroatoms. The molecule has 0 saturated carbocycles. The molecule has 1 aromatic heterocycles. The normalized spacial score (nSPS) is 10.8. The summed E-state index contributed by atoms with van der Waals surface area (Å²) in [7, 11) is -3.85. The summed E-state index contributed by atoms with van der Waals surface area (Å²) in [5.74, 6) is 0. The molecule has 0 fully saturated rings. The van der Waals surface area contributed by atoms with Gasteiger partial charge in [0, 0.05) is 6.20 Å². The fraction of sp³-hybridized carbons (Fsp3) is 0.0769. The largest absolute Gasteiger partial charge is 0.279 e. The van der Waals surface area contributed by atoms with Crippen LogP contribution in [0, 0.1) is 18.3 Å². The van der Waals surface area contributed by atoms with E-state index in [1.807, 2.05) is 6.07 Å². The lowest BCUT2D eigenvalue weighted by molar-refractivity contribution is 0.601. The van der Waals surface area contributed by atoms with Crippen molar-refractivity contribution >= 4 is 27.3 Å². The summed E-state index contributed by atoms with van der Waals surface area (Å²) in [5, 5.41) is 8.75. The Kier molecular flexibility index (Phi) is 3.93. The van der Waals surface area contributed by atoms with Crippen LogP contribution in [0.4, 0.5) is 5.69 Å². The lowest BCUT2D eigenvalue weighted by Crippen LogP contribution is -2.14. The highest BCUT2D eigenvalue weighted by Gasteiger charge is 2.19. The van der Waals surface area contributed by atoms with E-state index in [2.05, 4.69) is 9.71 Å². The summed E-state index contributed by atoms with van der Waals surface area (Å²) in [6.45, 7) is 1.74. The number of halogens is 1. The molecule has 102 valence electrons. The number of anilines is 1. The van der Waals surface area contributed by atoms with Gasteiger partial charge in [0.2, 0.25) is 0 Å². The van der Waals surface area contributed by atoms with Crippen LogP contribution in [0.2, 0.25) is 5.15 Å². The average molecular weight is 308 g/mol. The van der Waals surface area contributed by atoms with Gasteiger partial charge in [0.25, 0.3) is 10.0 Å². The fourth-order valence-corrected chi connectivity index (χ4v) is 3.15. The highest BCUT2D eigenvalue weighted by atomic mass is 35.5. The maximum atomic E-state index is 12.3. The summed E-state index contributed by atoms with van der Waals surface area (Å²) in [6.07, 6.45) is 1.41. The van der Waals surface area contributed by atoms with Crippen LogP contribution in [0.1, 0.15) is 11.1 Å². The summed E-state index contributed by atoms with van der Waals surface area (Å²) in [5.41, 5.74) is 1.40. The fourth-order valence-electron chi connectivity index (χ4n) is 1.57. The van der Waals surface area contributed by atoms with Crippen molar-refractivity contribution in [2.24, 2.45) is 0 Å². The van der Waals surface area contributed by atoms with E-state index in [1.54, 1.807) is 19.1 Å². The van der Waals surface area contributed by atoms with E-state index in [4.69, 9.17) is 16.9 Å². The predicted molar refractivity (Wildman–Crippen MR) is 75.9 cm³/mol. The van der Waals surface area contributed by atoms with Gasteiger partial charge in [-0.1, -0.05) is 17.7 Å². The minimum absolute atomic E-state index is 0.103. The van der Waals surface area contributed by atoms with Crippen molar-refractivity contribution in [1.29, 1.82) is 5.26 Å². The predicted octanol–water partition coefficient (Wildman–Crippen LogP) is 2.72. The minimum atomic E-state index is -3.85. The quantitative estimate of drug-likeness (QED) is 0.884. The zero-order valence-corrected chi connectivity index (χ0v) is 12.0. The highest BCUT2D eigenvalue weighted by molar-refractivity contribution is 7.92. The van der Waals surface area contributed by atoms with Gasteiger partial charge >= 0.3 is 0 Å². The van der Waals surface area contributed by atoms with Crippen molar-refractivity contribution in [3.8, 4) is 6.07 Å². The van der Waals surface area contributed by atoms with Crippen LogP contribution in [0.25, 0.3) is 0 Å². The summed E-state index contributed by atoms with van der Waals surface area (Å²) in [4.78, 5) is 3.63. The third kappa shape index (κ3) is 2.90. The Labute approximate surface area is 121 Å². The Morgan fingerprint density at radius 2 is 2.10 bits per heavy atom. The van der Waals surface area contributed by atoms with Crippen molar-refractivity contribution in [3.63, 3.8) is 0 Å². The lowest BCUT2D eigenvalue weighted by atomic mass is 10.1. The topological polar surface area (TPSA) is 82.9 Å². The van der Waals surface area contributed by atoms with Crippen LogP contribution >= 0.6 is 11.6 Å². The lowest BCUT2D eigenvalue weighted by Gasteiger charge is -2.11. The molecular weight excluding hydrogens is 298 g/mol. The van der Waals surface area contributed by atoms with Crippen LogP contribution in [0.5, 0.6) is 0 Å². The molecule has 0 saturated heterocycles. The number of aryl methyl sites for hydroxylation is 1. The van der Waals surface area contributed by atoms with Gasteiger partial charge in [-0.15, -0.1) is 0 Å². The summed E-state index contributed by atoms with van der Waals surface area (Å²) < 4.78 is 26.9. The van der Waals surface area contributed by atoms with Crippen LogP contribution < -0.4 is 4.72 Å². The Morgan fingerprint density at radius 3 is 2.75 bits per heavy atom. The molecule has 0 unspecified atom stereocenters. The number of benzene rings is 1. The smallest absolute Gasteiger partial charge is 0.264 e. The summed E-state index contributed by atoms with van der Waals surface area (Å²) >= 11 is 5.79. The number of pyridine rings is 1. The van der Waals surface area contributed by atoms with E-state index in [1.165, 1.54) is 24.4 Å². The number of nitrogens with zero attached hydrogens (tertiary/aromatic N) is 2. The molecule has 0 aliphatic carbocycles. The second-order valence-electron chi connectivity index (χ2n) is 4.04. The van der Waals surface area contributed by atoms with Crippen molar-refractivity contribution in [3.05, 3.63) is 52.8 Å². The molecule has 0 atom stereocenters. The maximum absolute atomic E-state index is 12.3. The molecule has 20 heavy (non-hydrogen) atoms. The van der Waals surface area contributed by atoms with Crippen molar-refractivity contribution in [2.75, 3.05) is 4.72 Å². The van der Waals surface area contributed by atoms with Crippen LogP contribution in [-0.2, 0) is 10.0 Å². The number of nitrogens with one attached hydrogen (secondary N) is 1. The molecule has 2 rings (SSSR count). The highest BCUT2D eigenvalue weighted by Crippen LogP contribution is 2.24. The van der Waals surface area contributed by atoms with Gasteiger partial charge in [-0.3, -0.25) is 4.72 Å². The SMILES string of the molecule is Cc1ccc(C#N)cc1NS(=O)(=O)c1cccnc1Cl. The molecular formula is C13H10ClN3O2S. The number of aromatic nitrogens is 1. The van der Waals surface area contributed by atoms with Gasteiger partial charge in [-0.25, -0.2) is 13.4 Å². The summed E-state index contributed by atoms with van der Waals surface area (Å²) in [6, 6.07) is 9.56. The van der Waals surface area contributed by atoms with E-state index in [0.717, 1.165) is 0 Å². The molecule has 1 N–H and O–H groups in total. The number of hydrogen-bond donors (Lipinski definition) is 1. The van der Waals surface area contributed by atoms with Crippen LogP contribution in [0.3, 0.4) is 0 Å². The second kappa shape index (κ2) is 5.49. The van der Waals surface area contributed by atoms with Crippen molar-refractivity contribution in [1.82, 2.24) is 4.98 Å². The molecule has 0 bridgehead atoms. The number of sulfonamides is 1. The molecule has 5 nitrogen and oxygen atoms in total. The Morgan fingerprint density at radius 1 is 1.35 bits per heavy atom. The van der Waals surface area contributed by atoms with Gasteiger partial charge in [0.05, 0.1) is 17.3 Å². The molecule has 0 spiro atoms. The zero-order chi connectivity index (χ0) is 14.8. The maximum Gasteiger partial charge on any atom is 0.264 e. The third-order valence-electron chi connectivity index (χ3n) is 2.63. The first-order valence-corrected chi connectivity index (χ1v) is 7.44. The monoisotopic (exact) mass is 307 g/mol.